The molecule has 0 atom stereocenters. The lowest BCUT2D eigenvalue weighted by atomic mass is 10.1. The zero-order chi connectivity index (χ0) is 15.1. The first-order valence-corrected chi connectivity index (χ1v) is 5.23. The first-order valence-electron chi connectivity index (χ1n) is 5.23. The standard InChI is InChI=1S/C11H7F6N3/c1-20-3-2-18-9(20)6-4-8(11(15,16)17)19-5-7(6)10(12,13)14/h2-5H,1H3. The van der Waals surface area contributed by atoms with Crippen molar-refractivity contribution in [1.29, 1.82) is 0 Å². The number of hydrogen-bond donors (Lipinski definition) is 0. The second kappa shape index (κ2) is 4.50. The Morgan fingerprint density at radius 3 is 2.10 bits per heavy atom. The minimum absolute atomic E-state index is 0.173. The molecule has 0 radical (unpaired) electrons. The number of alkyl halides is 6. The van der Waals surface area contributed by atoms with Crippen LogP contribution < -0.4 is 0 Å². The third-order valence-corrected chi connectivity index (χ3v) is 2.56. The van der Waals surface area contributed by atoms with E-state index >= 15 is 0 Å². The Labute approximate surface area is 108 Å². The minimum Gasteiger partial charge on any atom is -0.334 e. The number of halogens is 6. The normalized spacial score (nSPS) is 12.8. The van der Waals surface area contributed by atoms with E-state index in [1.54, 1.807) is 0 Å². The van der Waals surface area contributed by atoms with Gasteiger partial charge in [-0.1, -0.05) is 0 Å². The van der Waals surface area contributed by atoms with Gasteiger partial charge in [0.1, 0.15) is 11.5 Å². The van der Waals surface area contributed by atoms with Crippen LogP contribution in [0.1, 0.15) is 11.3 Å². The summed E-state index contributed by atoms with van der Waals surface area (Å²) in [5.41, 5.74) is -3.32. The van der Waals surface area contributed by atoms with E-state index in [0.717, 1.165) is 0 Å². The zero-order valence-electron chi connectivity index (χ0n) is 9.92. The maximum atomic E-state index is 12.8. The van der Waals surface area contributed by atoms with Crippen LogP contribution in [0.5, 0.6) is 0 Å². The summed E-state index contributed by atoms with van der Waals surface area (Å²) in [4.78, 5) is 6.49. The first kappa shape index (κ1) is 14.4. The van der Waals surface area contributed by atoms with Crippen LogP contribution in [0.25, 0.3) is 11.4 Å². The maximum Gasteiger partial charge on any atom is 0.433 e. The second-order valence-corrected chi connectivity index (χ2v) is 3.97. The third kappa shape index (κ3) is 2.61. The Hall–Kier alpha value is -2.06. The van der Waals surface area contributed by atoms with E-state index in [9.17, 15) is 26.3 Å². The molecule has 2 heterocycles. The summed E-state index contributed by atoms with van der Waals surface area (Å²) < 4.78 is 77.4. The van der Waals surface area contributed by atoms with Crippen molar-refractivity contribution in [2.45, 2.75) is 12.4 Å². The van der Waals surface area contributed by atoms with Gasteiger partial charge in [-0.25, -0.2) is 4.98 Å². The molecular weight excluding hydrogens is 288 g/mol. The Bertz CT molecular complexity index is 626. The van der Waals surface area contributed by atoms with E-state index in [2.05, 4.69) is 9.97 Å². The largest absolute Gasteiger partial charge is 0.433 e. The molecule has 2 aromatic heterocycles. The van der Waals surface area contributed by atoms with E-state index in [4.69, 9.17) is 0 Å². The summed E-state index contributed by atoms with van der Waals surface area (Å²) in [6.45, 7) is 0. The van der Waals surface area contributed by atoms with Crippen molar-refractivity contribution < 1.29 is 26.3 Å². The van der Waals surface area contributed by atoms with Crippen molar-refractivity contribution >= 4 is 0 Å². The number of imidazole rings is 1. The lowest BCUT2D eigenvalue weighted by molar-refractivity contribution is -0.144. The average molecular weight is 295 g/mol. The third-order valence-electron chi connectivity index (χ3n) is 2.56. The van der Waals surface area contributed by atoms with Crippen molar-refractivity contribution in [3.8, 4) is 11.4 Å². The molecule has 2 aromatic rings. The highest BCUT2D eigenvalue weighted by atomic mass is 19.4. The molecule has 3 nitrogen and oxygen atoms in total. The minimum atomic E-state index is -4.83. The van der Waals surface area contributed by atoms with E-state index < -0.39 is 29.2 Å². The van der Waals surface area contributed by atoms with Crippen molar-refractivity contribution in [1.82, 2.24) is 14.5 Å². The molecular formula is C11H7F6N3. The quantitative estimate of drug-likeness (QED) is 0.754. The van der Waals surface area contributed by atoms with Gasteiger partial charge in [-0.15, -0.1) is 0 Å². The van der Waals surface area contributed by atoms with Gasteiger partial charge >= 0.3 is 12.4 Å². The summed E-state index contributed by atoms with van der Waals surface area (Å²) in [7, 11) is 1.39. The molecule has 108 valence electrons. The molecule has 0 saturated heterocycles. The Morgan fingerprint density at radius 2 is 1.65 bits per heavy atom. The van der Waals surface area contributed by atoms with Crippen LogP contribution >= 0.6 is 0 Å². The molecule has 0 amide bonds. The van der Waals surface area contributed by atoms with Crippen LogP contribution in [-0.4, -0.2) is 14.5 Å². The van der Waals surface area contributed by atoms with Crippen LogP contribution in [0.4, 0.5) is 26.3 Å². The van der Waals surface area contributed by atoms with Gasteiger partial charge < -0.3 is 4.57 Å². The first-order chi connectivity index (χ1) is 9.10. The Kier molecular flexibility index (Phi) is 3.23. The van der Waals surface area contributed by atoms with Crippen molar-refractivity contribution in [2.75, 3.05) is 0 Å². The van der Waals surface area contributed by atoms with Crippen LogP contribution in [0, 0.1) is 0 Å². The molecule has 0 saturated carbocycles. The summed E-state index contributed by atoms with van der Waals surface area (Å²) in [6, 6.07) is 0.352. The summed E-state index contributed by atoms with van der Waals surface area (Å²) in [5.74, 6) is -0.217. The molecule has 0 aromatic carbocycles. The number of pyridine rings is 1. The molecule has 0 N–H and O–H groups in total. The number of nitrogens with zero attached hydrogens (tertiary/aromatic N) is 3. The topological polar surface area (TPSA) is 30.7 Å². The lowest BCUT2D eigenvalue weighted by Gasteiger charge is -2.14. The van der Waals surface area contributed by atoms with Crippen LogP contribution in [0.2, 0.25) is 0 Å². The van der Waals surface area contributed by atoms with Gasteiger partial charge in [-0.3, -0.25) is 4.98 Å². The van der Waals surface area contributed by atoms with Gasteiger partial charge in [0.05, 0.1) is 5.56 Å². The molecule has 0 fully saturated rings. The number of rotatable bonds is 1. The maximum absolute atomic E-state index is 12.8. The van der Waals surface area contributed by atoms with Crippen molar-refractivity contribution in [3.05, 3.63) is 35.9 Å². The fourth-order valence-corrected chi connectivity index (χ4v) is 1.65. The van der Waals surface area contributed by atoms with E-state index in [1.165, 1.54) is 24.0 Å². The SMILES string of the molecule is Cn1ccnc1-c1cc(C(F)(F)F)ncc1C(F)(F)F. The molecule has 2 rings (SSSR count). The molecule has 0 unspecified atom stereocenters. The number of hydrogen-bond acceptors (Lipinski definition) is 2. The molecule has 0 aliphatic carbocycles. The van der Waals surface area contributed by atoms with E-state index in [-0.39, 0.29) is 12.0 Å². The van der Waals surface area contributed by atoms with E-state index in [1.807, 2.05) is 0 Å². The van der Waals surface area contributed by atoms with Gasteiger partial charge in [0.15, 0.2) is 0 Å². The predicted octanol–water partition coefficient (Wildman–Crippen LogP) is 3.52. The molecule has 9 heteroatoms. The lowest BCUT2D eigenvalue weighted by Crippen LogP contribution is -2.14. The molecule has 0 bridgehead atoms. The Morgan fingerprint density at radius 1 is 1.00 bits per heavy atom. The molecule has 20 heavy (non-hydrogen) atoms. The van der Waals surface area contributed by atoms with Gasteiger partial charge in [0.2, 0.25) is 0 Å². The van der Waals surface area contributed by atoms with Crippen LogP contribution in [0.15, 0.2) is 24.7 Å². The second-order valence-electron chi connectivity index (χ2n) is 3.97. The molecule has 0 spiro atoms. The summed E-state index contributed by atoms with van der Waals surface area (Å²) in [5, 5.41) is 0. The van der Waals surface area contributed by atoms with Crippen molar-refractivity contribution in [3.63, 3.8) is 0 Å². The van der Waals surface area contributed by atoms with Crippen molar-refractivity contribution in [2.24, 2.45) is 7.05 Å². The monoisotopic (exact) mass is 295 g/mol. The summed E-state index contributed by atoms with van der Waals surface area (Å²) in [6.07, 6.45) is -6.94. The fourth-order valence-electron chi connectivity index (χ4n) is 1.65. The fraction of sp³-hybridized carbons (Fsp3) is 0.273. The summed E-state index contributed by atoms with van der Waals surface area (Å²) >= 11 is 0. The van der Waals surface area contributed by atoms with Crippen LogP contribution in [-0.2, 0) is 19.4 Å². The number of aromatic nitrogens is 3. The van der Waals surface area contributed by atoms with Crippen LogP contribution in [0.3, 0.4) is 0 Å². The van der Waals surface area contributed by atoms with E-state index in [0.29, 0.717) is 6.07 Å². The van der Waals surface area contributed by atoms with Gasteiger partial charge in [-0.2, -0.15) is 26.3 Å². The van der Waals surface area contributed by atoms with Gasteiger partial charge in [0, 0.05) is 31.2 Å². The zero-order valence-corrected chi connectivity index (χ0v) is 9.92. The number of aryl methyl sites for hydroxylation is 1. The van der Waals surface area contributed by atoms with Gasteiger partial charge in [-0.05, 0) is 6.07 Å². The van der Waals surface area contributed by atoms with Gasteiger partial charge in [0.25, 0.3) is 0 Å². The highest BCUT2D eigenvalue weighted by Gasteiger charge is 2.39. The molecule has 0 aliphatic rings. The highest BCUT2D eigenvalue weighted by Crippen LogP contribution is 2.38. The smallest absolute Gasteiger partial charge is 0.334 e. The Balaban J connectivity index is 2.70. The average Bonchev–Trinajstić information content (AvgIpc) is 2.72. The highest BCUT2D eigenvalue weighted by molar-refractivity contribution is 5.61. The predicted molar refractivity (Wildman–Crippen MR) is 56.4 cm³/mol. The molecule has 0 aliphatic heterocycles.